The number of carbonyl (C=O) groups excluding carboxylic acids is 1. The predicted molar refractivity (Wildman–Crippen MR) is 85.7 cm³/mol. The summed E-state index contributed by atoms with van der Waals surface area (Å²) in [6, 6.07) is 8.16. The van der Waals surface area contributed by atoms with Crippen molar-refractivity contribution in [2.75, 3.05) is 26.2 Å². The third kappa shape index (κ3) is 2.83. The van der Waals surface area contributed by atoms with Gasteiger partial charge in [-0.2, -0.15) is 0 Å². The van der Waals surface area contributed by atoms with Crippen molar-refractivity contribution in [2.45, 2.75) is 18.9 Å². The van der Waals surface area contributed by atoms with Crippen LogP contribution in [-0.2, 0) is 11.3 Å². The van der Waals surface area contributed by atoms with Crippen LogP contribution in [-0.4, -0.2) is 41.9 Å². The zero-order valence-electron chi connectivity index (χ0n) is 12.5. The molecule has 0 unspecified atom stereocenters. The Morgan fingerprint density at radius 3 is 2.77 bits per heavy atom. The van der Waals surface area contributed by atoms with Crippen molar-refractivity contribution >= 4 is 17.2 Å². The van der Waals surface area contributed by atoms with Crippen molar-refractivity contribution in [1.29, 1.82) is 0 Å². The van der Waals surface area contributed by atoms with E-state index in [2.05, 4.69) is 22.4 Å². The maximum Gasteiger partial charge on any atom is 0.226 e. The fraction of sp³-hybridized carbons (Fsp3) is 0.471. The average Bonchev–Trinajstić information content (AvgIpc) is 2.94. The molecule has 1 amide bonds. The first-order valence-electron chi connectivity index (χ1n) is 7.88. The van der Waals surface area contributed by atoms with E-state index in [1.165, 1.54) is 4.88 Å². The van der Waals surface area contributed by atoms with Gasteiger partial charge >= 0.3 is 0 Å². The first kappa shape index (κ1) is 14.0. The number of nitrogens with zero attached hydrogens (tertiary/aromatic N) is 2. The zero-order chi connectivity index (χ0) is 14.9. The van der Waals surface area contributed by atoms with E-state index in [9.17, 15) is 4.79 Å². The lowest BCUT2D eigenvalue weighted by Crippen LogP contribution is -2.48. The highest BCUT2D eigenvalue weighted by Gasteiger charge is 2.47. The van der Waals surface area contributed by atoms with E-state index in [0.29, 0.717) is 11.8 Å². The molecule has 2 aromatic rings. The Labute approximate surface area is 134 Å². The second-order valence-corrected chi connectivity index (χ2v) is 7.18. The van der Waals surface area contributed by atoms with E-state index in [1.54, 1.807) is 17.6 Å². The van der Waals surface area contributed by atoms with Gasteiger partial charge in [-0.25, -0.2) is 0 Å². The molecule has 3 heterocycles. The topological polar surface area (TPSA) is 36.7 Å². The van der Waals surface area contributed by atoms with Crippen LogP contribution in [0, 0.1) is 5.92 Å². The molecule has 4 rings (SSSR count). The molecular formula is C17H20N2O2S. The smallest absolute Gasteiger partial charge is 0.226 e. The molecule has 1 saturated heterocycles. The second-order valence-electron chi connectivity index (χ2n) is 6.14. The van der Waals surface area contributed by atoms with E-state index in [0.717, 1.165) is 44.9 Å². The minimum absolute atomic E-state index is 0.148. The number of carbonyl (C=O) groups is 1. The summed E-state index contributed by atoms with van der Waals surface area (Å²) in [6.45, 7) is 4.67. The SMILES string of the molecule is O=C([C@@H]1C[C@H]1c1ccco1)N1CCN(Cc2cccs2)CC1. The lowest BCUT2D eigenvalue weighted by atomic mass is 10.2. The molecule has 0 aromatic carbocycles. The fourth-order valence-corrected chi connectivity index (χ4v) is 4.01. The third-order valence-corrected chi connectivity index (χ3v) is 5.52. The van der Waals surface area contributed by atoms with E-state index < -0.39 is 0 Å². The average molecular weight is 316 g/mol. The molecule has 0 N–H and O–H groups in total. The third-order valence-electron chi connectivity index (χ3n) is 4.66. The highest BCUT2D eigenvalue weighted by Crippen LogP contribution is 2.48. The van der Waals surface area contributed by atoms with Crippen LogP contribution in [0.15, 0.2) is 40.3 Å². The van der Waals surface area contributed by atoms with Crippen LogP contribution in [0.4, 0.5) is 0 Å². The maximum absolute atomic E-state index is 12.6. The predicted octanol–water partition coefficient (Wildman–Crippen LogP) is 2.79. The molecule has 116 valence electrons. The Morgan fingerprint density at radius 1 is 1.23 bits per heavy atom. The molecule has 2 aliphatic rings. The monoisotopic (exact) mass is 316 g/mol. The van der Waals surface area contributed by atoms with Gasteiger partial charge in [0.2, 0.25) is 5.91 Å². The Morgan fingerprint density at radius 2 is 2.09 bits per heavy atom. The van der Waals surface area contributed by atoms with E-state index >= 15 is 0 Å². The molecular weight excluding hydrogens is 296 g/mol. The first-order valence-corrected chi connectivity index (χ1v) is 8.76. The first-order chi connectivity index (χ1) is 10.8. The zero-order valence-corrected chi connectivity index (χ0v) is 13.3. The molecule has 4 nitrogen and oxygen atoms in total. The van der Waals surface area contributed by atoms with Crippen molar-refractivity contribution < 1.29 is 9.21 Å². The van der Waals surface area contributed by atoms with Gasteiger partial charge in [0.1, 0.15) is 5.76 Å². The molecule has 0 spiro atoms. The summed E-state index contributed by atoms with van der Waals surface area (Å²) in [5.41, 5.74) is 0. The molecule has 2 atom stereocenters. The van der Waals surface area contributed by atoms with Crippen LogP contribution in [0.2, 0.25) is 0 Å². The second kappa shape index (κ2) is 5.89. The van der Waals surface area contributed by atoms with Crippen molar-refractivity contribution in [3.05, 3.63) is 46.5 Å². The van der Waals surface area contributed by atoms with Gasteiger partial charge in [-0.1, -0.05) is 6.07 Å². The summed E-state index contributed by atoms with van der Waals surface area (Å²) in [6.07, 6.45) is 2.64. The highest BCUT2D eigenvalue weighted by atomic mass is 32.1. The van der Waals surface area contributed by atoms with Crippen LogP contribution in [0.3, 0.4) is 0 Å². The molecule has 0 bridgehead atoms. The maximum atomic E-state index is 12.6. The number of thiophene rings is 1. The number of hydrogen-bond donors (Lipinski definition) is 0. The Hall–Kier alpha value is -1.59. The van der Waals surface area contributed by atoms with Crippen LogP contribution in [0.5, 0.6) is 0 Å². The summed E-state index contributed by atoms with van der Waals surface area (Å²) < 4.78 is 5.42. The van der Waals surface area contributed by atoms with E-state index in [4.69, 9.17) is 4.42 Å². The number of rotatable bonds is 4. The molecule has 1 aliphatic carbocycles. The summed E-state index contributed by atoms with van der Waals surface area (Å²) in [4.78, 5) is 18.4. The fourth-order valence-electron chi connectivity index (χ4n) is 3.27. The van der Waals surface area contributed by atoms with Crippen molar-refractivity contribution in [3.8, 4) is 0 Å². The van der Waals surface area contributed by atoms with Crippen LogP contribution >= 0.6 is 11.3 Å². The minimum Gasteiger partial charge on any atom is -0.469 e. The van der Waals surface area contributed by atoms with Gasteiger partial charge in [0.15, 0.2) is 0 Å². The summed E-state index contributed by atoms with van der Waals surface area (Å²) in [5, 5.41) is 2.12. The Bertz CT molecular complexity index is 615. The van der Waals surface area contributed by atoms with Gasteiger partial charge in [0.25, 0.3) is 0 Å². The minimum atomic E-state index is 0.148. The Balaban J connectivity index is 1.28. The van der Waals surface area contributed by atoms with E-state index in [-0.39, 0.29) is 5.92 Å². The summed E-state index contributed by atoms with van der Waals surface area (Å²) >= 11 is 1.80. The lowest BCUT2D eigenvalue weighted by molar-refractivity contribution is -0.134. The largest absolute Gasteiger partial charge is 0.469 e. The number of amides is 1. The number of piperazine rings is 1. The molecule has 2 fully saturated rings. The molecule has 1 aliphatic heterocycles. The molecule has 5 heteroatoms. The van der Waals surface area contributed by atoms with E-state index in [1.807, 2.05) is 17.0 Å². The van der Waals surface area contributed by atoms with Crippen LogP contribution in [0.25, 0.3) is 0 Å². The molecule has 0 radical (unpaired) electrons. The summed E-state index contributed by atoms with van der Waals surface area (Å²) in [5.74, 6) is 1.74. The quantitative estimate of drug-likeness (QED) is 0.870. The van der Waals surface area contributed by atoms with Crippen LogP contribution < -0.4 is 0 Å². The highest BCUT2D eigenvalue weighted by molar-refractivity contribution is 7.09. The van der Waals surface area contributed by atoms with Gasteiger partial charge in [-0.05, 0) is 30.0 Å². The Kier molecular flexibility index (Phi) is 3.76. The van der Waals surface area contributed by atoms with Gasteiger partial charge in [-0.15, -0.1) is 11.3 Å². The summed E-state index contributed by atoms with van der Waals surface area (Å²) in [7, 11) is 0. The standard InChI is InChI=1S/C17H20N2O2S/c20-17(15-11-14(15)16-4-1-9-21-16)19-7-5-18(6-8-19)12-13-3-2-10-22-13/h1-4,9-10,14-15H,5-8,11-12H2/t14-,15-/m1/s1. The van der Waals surface area contributed by atoms with Gasteiger partial charge < -0.3 is 9.32 Å². The lowest BCUT2D eigenvalue weighted by Gasteiger charge is -2.34. The van der Waals surface area contributed by atoms with Gasteiger partial charge in [-0.3, -0.25) is 9.69 Å². The van der Waals surface area contributed by atoms with Crippen molar-refractivity contribution in [2.24, 2.45) is 5.92 Å². The number of hydrogen-bond acceptors (Lipinski definition) is 4. The molecule has 1 saturated carbocycles. The van der Waals surface area contributed by atoms with Crippen molar-refractivity contribution in [1.82, 2.24) is 9.80 Å². The van der Waals surface area contributed by atoms with Gasteiger partial charge in [0, 0.05) is 49.4 Å². The van der Waals surface area contributed by atoms with Gasteiger partial charge in [0.05, 0.1) is 6.26 Å². The number of furan rings is 1. The molecule has 22 heavy (non-hydrogen) atoms. The van der Waals surface area contributed by atoms with Crippen molar-refractivity contribution in [3.63, 3.8) is 0 Å². The molecule has 2 aromatic heterocycles. The normalized spacial score (nSPS) is 25.4. The van der Waals surface area contributed by atoms with Crippen LogP contribution in [0.1, 0.15) is 23.0 Å².